The minimum Gasteiger partial charge on any atom is -0.508 e. The summed E-state index contributed by atoms with van der Waals surface area (Å²) in [5, 5.41) is 12.1. The van der Waals surface area contributed by atoms with Crippen molar-refractivity contribution in [3.8, 4) is 34.5 Å². The number of rotatable bonds is 3. The molecule has 152 valence electrons. The van der Waals surface area contributed by atoms with Gasteiger partial charge in [0.15, 0.2) is 11.6 Å². The second-order valence-electron chi connectivity index (χ2n) is 7.57. The quantitative estimate of drug-likeness (QED) is 0.385. The highest BCUT2D eigenvalue weighted by molar-refractivity contribution is 6.09. The summed E-state index contributed by atoms with van der Waals surface area (Å²) in [5.41, 5.74) is 3.74. The number of hydrogen-bond donors (Lipinski definition) is 1. The molecule has 0 saturated heterocycles. The van der Waals surface area contributed by atoms with Gasteiger partial charge in [0, 0.05) is 21.9 Å². The van der Waals surface area contributed by atoms with Crippen LogP contribution in [0.3, 0.4) is 0 Å². The van der Waals surface area contributed by atoms with Crippen LogP contribution in [0, 0.1) is 0 Å². The number of benzene rings is 4. The highest BCUT2D eigenvalue weighted by Crippen LogP contribution is 2.33. The van der Waals surface area contributed by atoms with E-state index in [2.05, 4.69) is 0 Å². The van der Waals surface area contributed by atoms with E-state index in [0.717, 1.165) is 32.9 Å². The molecule has 0 spiro atoms. The molecule has 4 aromatic carbocycles. The van der Waals surface area contributed by atoms with Crippen LogP contribution in [0.4, 0.5) is 0 Å². The van der Waals surface area contributed by atoms with E-state index >= 15 is 0 Å². The second-order valence-corrected chi connectivity index (χ2v) is 7.57. The van der Waals surface area contributed by atoms with Crippen molar-refractivity contribution in [1.82, 2.24) is 19.5 Å². The Morgan fingerprint density at radius 1 is 0.531 bits per heavy atom. The van der Waals surface area contributed by atoms with Gasteiger partial charge in [-0.05, 0) is 24.3 Å². The predicted octanol–water partition coefficient (Wildman–Crippen LogP) is 6.01. The van der Waals surface area contributed by atoms with Gasteiger partial charge in [-0.15, -0.1) is 0 Å². The molecule has 2 aromatic heterocycles. The molecular weight excluding hydrogens is 396 g/mol. The fraction of sp³-hybridized carbons (Fsp3) is 0. The summed E-state index contributed by atoms with van der Waals surface area (Å²) in [6.07, 6.45) is 0. The van der Waals surface area contributed by atoms with Crippen LogP contribution in [0.1, 0.15) is 0 Å². The van der Waals surface area contributed by atoms with Crippen molar-refractivity contribution < 1.29 is 5.11 Å². The van der Waals surface area contributed by atoms with Gasteiger partial charge in [0.2, 0.25) is 5.95 Å². The smallest absolute Gasteiger partial charge is 0.238 e. The van der Waals surface area contributed by atoms with Gasteiger partial charge in [0.05, 0.1) is 11.0 Å². The average Bonchev–Trinajstić information content (AvgIpc) is 3.18. The minimum atomic E-state index is 0.228. The van der Waals surface area contributed by atoms with Gasteiger partial charge < -0.3 is 5.11 Å². The Balaban J connectivity index is 1.70. The van der Waals surface area contributed by atoms with Gasteiger partial charge in [-0.1, -0.05) is 78.9 Å². The molecule has 0 aliphatic carbocycles. The first-order valence-electron chi connectivity index (χ1n) is 10.4. The van der Waals surface area contributed by atoms with E-state index in [1.54, 1.807) is 12.1 Å². The summed E-state index contributed by atoms with van der Waals surface area (Å²) in [6.45, 7) is 0. The lowest BCUT2D eigenvalue weighted by Gasteiger charge is -2.10. The zero-order chi connectivity index (χ0) is 21.5. The lowest BCUT2D eigenvalue weighted by atomic mass is 10.1. The van der Waals surface area contributed by atoms with Crippen LogP contribution in [0.2, 0.25) is 0 Å². The summed E-state index contributed by atoms with van der Waals surface area (Å²) in [4.78, 5) is 14.5. The monoisotopic (exact) mass is 414 g/mol. The van der Waals surface area contributed by atoms with Crippen LogP contribution < -0.4 is 0 Å². The molecule has 0 unspecified atom stereocenters. The van der Waals surface area contributed by atoms with Crippen LogP contribution in [0.5, 0.6) is 5.75 Å². The molecule has 0 fully saturated rings. The highest BCUT2D eigenvalue weighted by Gasteiger charge is 2.17. The van der Waals surface area contributed by atoms with E-state index in [0.29, 0.717) is 17.6 Å². The lowest BCUT2D eigenvalue weighted by Crippen LogP contribution is -2.06. The number of aromatic hydroxyl groups is 1. The number of para-hydroxylation sites is 1. The van der Waals surface area contributed by atoms with E-state index in [4.69, 9.17) is 15.0 Å². The zero-order valence-corrected chi connectivity index (χ0v) is 17.1. The average molecular weight is 414 g/mol. The Labute approximate surface area is 184 Å². The Bertz CT molecular complexity index is 1520. The SMILES string of the molecule is Oc1ccc2c(c1)c1ccccc1n2-c1nc(-c2ccccc2)nc(-c2ccccc2)n1. The molecule has 5 nitrogen and oxygen atoms in total. The first-order valence-corrected chi connectivity index (χ1v) is 10.4. The minimum absolute atomic E-state index is 0.228. The highest BCUT2D eigenvalue weighted by atomic mass is 16.3. The first kappa shape index (κ1) is 18.3. The Morgan fingerprint density at radius 2 is 1.09 bits per heavy atom. The summed E-state index contributed by atoms with van der Waals surface area (Å²) < 4.78 is 2.03. The molecule has 1 N–H and O–H groups in total. The summed E-state index contributed by atoms with van der Waals surface area (Å²) >= 11 is 0. The number of phenols is 1. The molecule has 5 heteroatoms. The third-order valence-electron chi connectivity index (χ3n) is 5.54. The zero-order valence-electron chi connectivity index (χ0n) is 17.1. The third kappa shape index (κ3) is 2.99. The molecule has 2 heterocycles. The molecule has 32 heavy (non-hydrogen) atoms. The Hall–Kier alpha value is -4.51. The van der Waals surface area contributed by atoms with Crippen molar-refractivity contribution in [2.24, 2.45) is 0 Å². The second kappa shape index (κ2) is 7.32. The van der Waals surface area contributed by atoms with Crippen LogP contribution in [-0.2, 0) is 0 Å². The number of nitrogens with zero attached hydrogens (tertiary/aromatic N) is 4. The molecule has 0 aliphatic heterocycles. The fourth-order valence-corrected chi connectivity index (χ4v) is 4.07. The maximum Gasteiger partial charge on any atom is 0.238 e. The molecule has 0 bridgehead atoms. The molecule has 6 aromatic rings. The predicted molar refractivity (Wildman–Crippen MR) is 127 cm³/mol. The van der Waals surface area contributed by atoms with Crippen LogP contribution in [0.25, 0.3) is 50.5 Å². The molecular formula is C27H18N4O. The van der Waals surface area contributed by atoms with Crippen molar-refractivity contribution in [3.05, 3.63) is 103 Å². The molecule has 0 radical (unpaired) electrons. The maximum atomic E-state index is 10.1. The van der Waals surface area contributed by atoms with Gasteiger partial charge in [-0.3, -0.25) is 4.57 Å². The van der Waals surface area contributed by atoms with E-state index in [9.17, 15) is 5.11 Å². The lowest BCUT2D eigenvalue weighted by molar-refractivity contribution is 0.476. The van der Waals surface area contributed by atoms with Gasteiger partial charge in [0.25, 0.3) is 0 Å². The van der Waals surface area contributed by atoms with Crippen LogP contribution in [0.15, 0.2) is 103 Å². The van der Waals surface area contributed by atoms with Crippen molar-refractivity contribution >= 4 is 21.8 Å². The van der Waals surface area contributed by atoms with E-state index in [1.807, 2.05) is 95.6 Å². The third-order valence-corrected chi connectivity index (χ3v) is 5.54. The van der Waals surface area contributed by atoms with Gasteiger partial charge >= 0.3 is 0 Å². The van der Waals surface area contributed by atoms with Gasteiger partial charge in [-0.2, -0.15) is 9.97 Å². The maximum absolute atomic E-state index is 10.1. The fourth-order valence-electron chi connectivity index (χ4n) is 4.07. The number of aromatic nitrogens is 4. The van der Waals surface area contributed by atoms with Crippen molar-refractivity contribution in [1.29, 1.82) is 0 Å². The standard InChI is InChI=1S/C27H18N4O/c32-20-15-16-24-22(17-20)21-13-7-8-14-23(21)31(24)27-29-25(18-9-3-1-4-10-18)28-26(30-27)19-11-5-2-6-12-19/h1-17,32H. The van der Waals surface area contributed by atoms with Crippen LogP contribution in [-0.4, -0.2) is 24.6 Å². The number of phenolic OH excluding ortho intramolecular Hbond substituents is 1. The molecule has 0 amide bonds. The molecule has 0 saturated carbocycles. The van der Waals surface area contributed by atoms with Crippen molar-refractivity contribution in [3.63, 3.8) is 0 Å². The molecule has 0 atom stereocenters. The molecule has 0 aliphatic rings. The summed E-state index contributed by atoms with van der Waals surface area (Å²) in [6, 6.07) is 33.3. The molecule has 6 rings (SSSR count). The van der Waals surface area contributed by atoms with Gasteiger partial charge in [-0.25, -0.2) is 4.98 Å². The Morgan fingerprint density at radius 3 is 1.75 bits per heavy atom. The van der Waals surface area contributed by atoms with E-state index < -0.39 is 0 Å². The van der Waals surface area contributed by atoms with Gasteiger partial charge in [0.1, 0.15) is 5.75 Å². The first-order chi connectivity index (χ1) is 15.8. The number of hydrogen-bond acceptors (Lipinski definition) is 4. The van der Waals surface area contributed by atoms with Crippen molar-refractivity contribution in [2.75, 3.05) is 0 Å². The normalized spacial score (nSPS) is 11.2. The summed E-state index contributed by atoms with van der Waals surface area (Å²) in [7, 11) is 0. The van der Waals surface area contributed by atoms with E-state index in [1.165, 1.54) is 0 Å². The topological polar surface area (TPSA) is 63.8 Å². The van der Waals surface area contributed by atoms with Crippen molar-refractivity contribution in [2.45, 2.75) is 0 Å². The summed E-state index contributed by atoms with van der Waals surface area (Å²) in [5.74, 6) is 1.99. The number of fused-ring (bicyclic) bond motifs is 3. The van der Waals surface area contributed by atoms with Crippen LogP contribution >= 0.6 is 0 Å². The largest absolute Gasteiger partial charge is 0.508 e. The van der Waals surface area contributed by atoms with E-state index in [-0.39, 0.29) is 5.75 Å². The Kier molecular flexibility index (Phi) is 4.18.